The molecule has 2 aromatic heterocycles. The van der Waals surface area contributed by atoms with Crippen LogP contribution in [0.15, 0.2) is 54.9 Å². The number of rotatable bonds is 6. The minimum absolute atomic E-state index is 0.116. The van der Waals surface area contributed by atoms with E-state index in [2.05, 4.69) is 4.98 Å². The number of carbonyl (C=O) groups is 2. The maximum absolute atomic E-state index is 12.9. The van der Waals surface area contributed by atoms with Crippen molar-refractivity contribution in [2.45, 2.75) is 19.9 Å². The number of primary amides is 1. The zero-order valence-corrected chi connectivity index (χ0v) is 14.1. The summed E-state index contributed by atoms with van der Waals surface area (Å²) in [5.41, 5.74) is 8.39. The topological polar surface area (TPSA) is 80.7 Å². The van der Waals surface area contributed by atoms with Gasteiger partial charge >= 0.3 is 0 Å². The van der Waals surface area contributed by atoms with Crippen LogP contribution in [-0.2, 0) is 11.3 Å². The number of imidazole rings is 1. The van der Waals surface area contributed by atoms with Gasteiger partial charge in [-0.05, 0) is 30.2 Å². The molecule has 0 atom stereocenters. The van der Waals surface area contributed by atoms with Gasteiger partial charge < -0.3 is 15.0 Å². The minimum atomic E-state index is -0.434. The molecule has 0 unspecified atom stereocenters. The first-order valence-corrected chi connectivity index (χ1v) is 8.10. The summed E-state index contributed by atoms with van der Waals surface area (Å²) in [6, 6.07) is 13.5. The lowest BCUT2D eigenvalue weighted by atomic mass is 10.2. The van der Waals surface area contributed by atoms with Crippen molar-refractivity contribution >= 4 is 17.5 Å². The number of nitrogens with zero attached hydrogens (tertiary/aromatic N) is 3. The summed E-state index contributed by atoms with van der Waals surface area (Å²) < 4.78 is 1.81. The second-order valence-electron chi connectivity index (χ2n) is 6.02. The van der Waals surface area contributed by atoms with Gasteiger partial charge in [0.15, 0.2) is 0 Å². The molecule has 25 heavy (non-hydrogen) atoms. The molecule has 0 aliphatic carbocycles. The first-order chi connectivity index (χ1) is 12.0. The van der Waals surface area contributed by atoms with Crippen LogP contribution >= 0.6 is 0 Å². The number of hydrogen-bond acceptors (Lipinski definition) is 3. The van der Waals surface area contributed by atoms with Crippen LogP contribution in [0.2, 0.25) is 0 Å². The Hall–Kier alpha value is -3.15. The molecule has 0 saturated carbocycles. The number of aromatic nitrogens is 2. The Labute approximate surface area is 145 Å². The normalized spacial score (nSPS) is 10.8. The van der Waals surface area contributed by atoms with Crippen molar-refractivity contribution in [2.24, 2.45) is 5.73 Å². The lowest BCUT2D eigenvalue weighted by molar-refractivity contribution is -0.118. The molecule has 6 nitrogen and oxygen atoms in total. The molecule has 3 aromatic rings. The van der Waals surface area contributed by atoms with E-state index in [1.54, 1.807) is 11.1 Å². The van der Waals surface area contributed by atoms with Crippen LogP contribution in [-0.4, -0.2) is 32.6 Å². The summed E-state index contributed by atoms with van der Waals surface area (Å²) in [6.45, 7) is 2.64. The SMILES string of the molecule is Cc1ccn2cc(C(=O)N(CCC(N)=O)Cc3ccccc3)nc2c1. The first-order valence-electron chi connectivity index (χ1n) is 8.10. The predicted octanol–water partition coefficient (Wildman–Crippen LogP) is 2.16. The van der Waals surface area contributed by atoms with Gasteiger partial charge in [-0.25, -0.2) is 4.98 Å². The van der Waals surface area contributed by atoms with E-state index in [9.17, 15) is 9.59 Å². The predicted molar refractivity (Wildman–Crippen MR) is 94.9 cm³/mol. The molecular formula is C19H20N4O2. The Balaban J connectivity index is 1.87. The quantitative estimate of drug-likeness (QED) is 0.749. The summed E-state index contributed by atoms with van der Waals surface area (Å²) >= 11 is 0. The molecule has 0 fully saturated rings. The number of benzene rings is 1. The lowest BCUT2D eigenvalue weighted by Crippen LogP contribution is -2.33. The highest BCUT2D eigenvalue weighted by molar-refractivity contribution is 5.93. The Bertz CT molecular complexity index is 902. The zero-order chi connectivity index (χ0) is 17.8. The van der Waals surface area contributed by atoms with Crippen LogP contribution in [0.5, 0.6) is 0 Å². The second-order valence-corrected chi connectivity index (χ2v) is 6.02. The van der Waals surface area contributed by atoms with E-state index in [1.165, 1.54) is 0 Å². The van der Waals surface area contributed by atoms with Crippen LogP contribution in [0.25, 0.3) is 5.65 Å². The maximum Gasteiger partial charge on any atom is 0.274 e. The van der Waals surface area contributed by atoms with Crippen LogP contribution in [0.4, 0.5) is 0 Å². The smallest absolute Gasteiger partial charge is 0.274 e. The van der Waals surface area contributed by atoms with Crippen molar-refractivity contribution in [2.75, 3.05) is 6.54 Å². The first kappa shape index (κ1) is 16.7. The van der Waals surface area contributed by atoms with Crippen molar-refractivity contribution in [1.82, 2.24) is 14.3 Å². The van der Waals surface area contributed by atoms with Crippen molar-refractivity contribution in [3.8, 4) is 0 Å². The highest BCUT2D eigenvalue weighted by Crippen LogP contribution is 2.13. The average molecular weight is 336 g/mol. The molecule has 0 radical (unpaired) electrons. The maximum atomic E-state index is 12.9. The third-order valence-electron chi connectivity index (χ3n) is 3.97. The van der Waals surface area contributed by atoms with Crippen LogP contribution in [0.3, 0.4) is 0 Å². The average Bonchev–Trinajstić information content (AvgIpc) is 3.01. The van der Waals surface area contributed by atoms with E-state index in [0.717, 1.165) is 16.8 Å². The number of amides is 2. The van der Waals surface area contributed by atoms with E-state index in [1.807, 2.05) is 60.0 Å². The van der Waals surface area contributed by atoms with Gasteiger partial charge in [-0.3, -0.25) is 9.59 Å². The molecule has 6 heteroatoms. The van der Waals surface area contributed by atoms with Gasteiger partial charge in [-0.2, -0.15) is 0 Å². The highest BCUT2D eigenvalue weighted by Gasteiger charge is 2.19. The van der Waals surface area contributed by atoms with Gasteiger partial charge in [0.2, 0.25) is 5.91 Å². The fourth-order valence-corrected chi connectivity index (χ4v) is 2.65. The number of nitrogens with two attached hydrogens (primary N) is 1. The van der Waals surface area contributed by atoms with Crippen molar-refractivity contribution < 1.29 is 9.59 Å². The van der Waals surface area contributed by atoms with E-state index in [0.29, 0.717) is 12.2 Å². The number of pyridine rings is 1. The molecule has 0 spiro atoms. The van der Waals surface area contributed by atoms with E-state index in [4.69, 9.17) is 5.73 Å². The Morgan fingerprint density at radius 1 is 1.20 bits per heavy atom. The zero-order valence-electron chi connectivity index (χ0n) is 14.1. The van der Waals surface area contributed by atoms with Gasteiger partial charge in [-0.1, -0.05) is 30.3 Å². The van der Waals surface area contributed by atoms with Gasteiger partial charge in [0, 0.05) is 31.9 Å². The van der Waals surface area contributed by atoms with Gasteiger partial charge in [0.1, 0.15) is 11.3 Å². The molecule has 0 saturated heterocycles. The summed E-state index contributed by atoms with van der Waals surface area (Å²) in [4.78, 5) is 30.1. The largest absolute Gasteiger partial charge is 0.370 e. The van der Waals surface area contributed by atoms with Crippen molar-refractivity contribution in [3.05, 3.63) is 71.7 Å². The summed E-state index contributed by atoms with van der Waals surface area (Å²) in [6.07, 6.45) is 3.70. The van der Waals surface area contributed by atoms with Crippen LogP contribution in [0.1, 0.15) is 28.0 Å². The minimum Gasteiger partial charge on any atom is -0.370 e. The molecule has 3 rings (SSSR count). The molecule has 1 aromatic carbocycles. The van der Waals surface area contributed by atoms with Crippen LogP contribution < -0.4 is 5.73 Å². The Morgan fingerprint density at radius 2 is 1.96 bits per heavy atom. The van der Waals surface area contributed by atoms with Crippen molar-refractivity contribution in [3.63, 3.8) is 0 Å². The van der Waals surface area contributed by atoms with E-state index >= 15 is 0 Å². The summed E-state index contributed by atoms with van der Waals surface area (Å²) in [5, 5.41) is 0. The number of fused-ring (bicyclic) bond motifs is 1. The van der Waals surface area contributed by atoms with Gasteiger partial charge in [0.25, 0.3) is 5.91 Å². The summed E-state index contributed by atoms with van der Waals surface area (Å²) in [7, 11) is 0. The lowest BCUT2D eigenvalue weighted by Gasteiger charge is -2.21. The van der Waals surface area contributed by atoms with E-state index < -0.39 is 5.91 Å². The molecular weight excluding hydrogens is 316 g/mol. The Kier molecular flexibility index (Phi) is 4.79. The fraction of sp³-hybridized carbons (Fsp3) is 0.211. The Morgan fingerprint density at radius 3 is 2.68 bits per heavy atom. The van der Waals surface area contributed by atoms with Crippen LogP contribution in [0, 0.1) is 6.92 Å². The highest BCUT2D eigenvalue weighted by atomic mass is 16.2. The molecule has 2 amide bonds. The molecule has 128 valence electrons. The standard InChI is InChI=1S/C19H20N4O2/c1-14-7-9-22-13-16(21-18(22)11-14)19(25)23(10-8-17(20)24)12-15-5-3-2-4-6-15/h2-7,9,11,13H,8,10,12H2,1H3,(H2,20,24). The summed E-state index contributed by atoms with van der Waals surface area (Å²) in [5.74, 6) is -0.650. The monoisotopic (exact) mass is 336 g/mol. The van der Waals surface area contributed by atoms with Crippen molar-refractivity contribution in [1.29, 1.82) is 0 Å². The third kappa shape index (κ3) is 4.03. The van der Waals surface area contributed by atoms with E-state index in [-0.39, 0.29) is 18.9 Å². The molecule has 0 bridgehead atoms. The van der Waals surface area contributed by atoms with Gasteiger partial charge in [-0.15, -0.1) is 0 Å². The number of aryl methyl sites for hydroxylation is 1. The number of carbonyl (C=O) groups excluding carboxylic acids is 2. The third-order valence-corrected chi connectivity index (χ3v) is 3.97. The molecule has 2 heterocycles. The number of hydrogen-bond donors (Lipinski definition) is 1. The molecule has 0 aliphatic heterocycles. The molecule has 2 N–H and O–H groups in total. The fourth-order valence-electron chi connectivity index (χ4n) is 2.65. The second kappa shape index (κ2) is 7.17. The molecule has 0 aliphatic rings. The van der Waals surface area contributed by atoms with Gasteiger partial charge in [0.05, 0.1) is 0 Å².